The summed E-state index contributed by atoms with van der Waals surface area (Å²) in [5, 5.41) is 11.6. The van der Waals surface area contributed by atoms with Gasteiger partial charge >= 0.3 is 5.97 Å². The Balaban J connectivity index is 1.58. The number of carbonyl (C=O) groups is 3. The summed E-state index contributed by atoms with van der Waals surface area (Å²) in [4.78, 5) is 36.9. The second kappa shape index (κ2) is 6.87. The Morgan fingerprint density at radius 1 is 1.36 bits per heavy atom. The van der Waals surface area contributed by atoms with E-state index in [9.17, 15) is 23.9 Å². The molecule has 2 aliphatic heterocycles. The van der Waals surface area contributed by atoms with Gasteiger partial charge in [-0.25, -0.2) is 9.18 Å². The predicted molar refractivity (Wildman–Crippen MR) is 90.1 cm³/mol. The van der Waals surface area contributed by atoms with Crippen molar-refractivity contribution in [1.82, 2.24) is 10.2 Å². The molecule has 0 radical (unpaired) electrons. The minimum Gasteiger partial charge on any atom is -0.477 e. The molecule has 1 saturated heterocycles. The number of thioether (sulfide) groups is 1. The minimum atomic E-state index is -1.13. The molecule has 0 saturated carbocycles. The molecule has 1 fully saturated rings. The van der Waals surface area contributed by atoms with Crippen LogP contribution in [0.5, 0.6) is 0 Å². The van der Waals surface area contributed by atoms with Gasteiger partial charge in [-0.15, -0.1) is 11.8 Å². The highest BCUT2D eigenvalue weighted by Gasteiger charge is 2.53. The summed E-state index contributed by atoms with van der Waals surface area (Å²) in [6, 6.07) is 5.20. The van der Waals surface area contributed by atoms with Crippen LogP contribution in [0.4, 0.5) is 4.39 Å². The maximum Gasteiger partial charge on any atom is 0.352 e. The topological polar surface area (TPSA) is 86.7 Å². The highest BCUT2D eigenvalue weighted by Crippen LogP contribution is 2.40. The van der Waals surface area contributed by atoms with Crippen LogP contribution in [0.1, 0.15) is 18.9 Å². The van der Waals surface area contributed by atoms with E-state index < -0.39 is 17.9 Å². The number of rotatable bonds is 5. The lowest BCUT2D eigenvalue weighted by atomic mass is 10.0. The number of carbonyl (C=O) groups excluding carboxylic acids is 2. The summed E-state index contributed by atoms with van der Waals surface area (Å²) in [5.41, 5.74) is 1.49. The van der Waals surface area contributed by atoms with Gasteiger partial charge in [0.2, 0.25) is 5.91 Å². The van der Waals surface area contributed by atoms with Crippen LogP contribution in [-0.4, -0.2) is 45.0 Å². The zero-order valence-electron chi connectivity index (χ0n) is 13.5. The second-order valence-corrected chi connectivity index (χ2v) is 7.12. The fourth-order valence-corrected chi connectivity index (χ4v) is 4.22. The number of nitrogens with one attached hydrogen (secondary N) is 1. The standard InChI is InChI=1S/C17H17FN2O4S/c1-9-8-25-16-13(15(22)20(16)14(9)17(23)24)19-12(21)7-4-10-2-5-11(18)6-3-10/h2-3,5-6,13,16H,4,7-8H2,1H3,(H,19,21)(H,23,24). The summed E-state index contributed by atoms with van der Waals surface area (Å²) in [5.74, 6) is -1.63. The van der Waals surface area contributed by atoms with Crippen molar-refractivity contribution < 1.29 is 23.9 Å². The van der Waals surface area contributed by atoms with Crippen LogP contribution in [0.15, 0.2) is 35.5 Å². The number of hydrogen-bond donors (Lipinski definition) is 2. The molecular formula is C17H17FN2O4S. The van der Waals surface area contributed by atoms with E-state index in [1.165, 1.54) is 28.8 Å². The first-order valence-electron chi connectivity index (χ1n) is 7.80. The Bertz CT molecular complexity index is 762. The van der Waals surface area contributed by atoms with Gasteiger partial charge in [-0.05, 0) is 36.6 Å². The monoisotopic (exact) mass is 364 g/mol. The second-order valence-electron chi connectivity index (χ2n) is 6.02. The SMILES string of the molecule is CC1=C(C(=O)O)N2C(=O)C(NC(=O)CCc3ccc(F)cc3)C2SC1. The number of aryl methyl sites for hydroxylation is 1. The number of carboxylic acids is 1. The van der Waals surface area contributed by atoms with Crippen molar-refractivity contribution in [2.45, 2.75) is 31.2 Å². The van der Waals surface area contributed by atoms with E-state index >= 15 is 0 Å². The lowest BCUT2D eigenvalue weighted by Gasteiger charge is -2.49. The molecule has 25 heavy (non-hydrogen) atoms. The van der Waals surface area contributed by atoms with E-state index in [2.05, 4.69) is 5.32 Å². The lowest BCUT2D eigenvalue weighted by Crippen LogP contribution is -2.70. The van der Waals surface area contributed by atoms with Crippen LogP contribution in [0, 0.1) is 5.82 Å². The number of nitrogens with zero attached hydrogens (tertiary/aromatic N) is 1. The average molecular weight is 364 g/mol. The van der Waals surface area contributed by atoms with Crippen molar-refractivity contribution in [2.75, 3.05) is 5.75 Å². The fourth-order valence-electron chi connectivity index (χ4n) is 2.93. The van der Waals surface area contributed by atoms with Gasteiger partial charge in [-0.1, -0.05) is 12.1 Å². The quantitative estimate of drug-likeness (QED) is 0.774. The van der Waals surface area contributed by atoms with Gasteiger partial charge in [-0.3, -0.25) is 14.5 Å². The molecule has 2 atom stereocenters. The van der Waals surface area contributed by atoms with Crippen LogP contribution in [-0.2, 0) is 20.8 Å². The molecule has 0 aliphatic carbocycles. The molecular weight excluding hydrogens is 347 g/mol. The number of benzene rings is 1. The summed E-state index contributed by atoms with van der Waals surface area (Å²) in [6.07, 6.45) is 0.612. The third kappa shape index (κ3) is 3.39. The van der Waals surface area contributed by atoms with Crippen LogP contribution in [0.2, 0.25) is 0 Å². The van der Waals surface area contributed by atoms with Gasteiger partial charge in [0.1, 0.15) is 22.9 Å². The highest BCUT2D eigenvalue weighted by atomic mass is 32.2. The van der Waals surface area contributed by atoms with E-state index in [4.69, 9.17) is 0 Å². The van der Waals surface area contributed by atoms with Gasteiger partial charge in [0.05, 0.1) is 0 Å². The Labute approximate surface area is 148 Å². The molecule has 0 aromatic heterocycles. The van der Waals surface area contributed by atoms with E-state index in [-0.39, 0.29) is 29.2 Å². The highest BCUT2D eigenvalue weighted by molar-refractivity contribution is 8.00. The van der Waals surface area contributed by atoms with Crippen LogP contribution < -0.4 is 5.32 Å². The molecule has 0 bridgehead atoms. The number of fused-ring (bicyclic) bond motifs is 1. The van der Waals surface area contributed by atoms with Gasteiger partial charge in [0, 0.05) is 12.2 Å². The Morgan fingerprint density at radius 3 is 2.68 bits per heavy atom. The first-order chi connectivity index (χ1) is 11.9. The van der Waals surface area contributed by atoms with Crippen molar-refractivity contribution >= 4 is 29.5 Å². The van der Waals surface area contributed by atoms with E-state index in [0.29, 0.717) is 17.7 Å². The van der Waals surface area contributed by atoms with E-state index in [1.54, 1.807) is 19.1 Å². The van der Waals surface area contributed by atoms with Gasteiger partial charge in [0.25, 0.3) is 5.91 Å². The Morgan fingerprint density at radius 2 is 2.04 bits per heavy atom. The van der Waals surface area contributed by atoms with Crippen molar-refractivity contribution in [3.63, 3.8) is 0 Å². The van der Waals surface area contributed by atoms with Crippen molar-refractivity contribution in [3.8, 4) is 0 Å². The molecule has 8 heteroatoms. The molecule has 6 nitrogen and oxygen atoms in total. The Hall–Kier alpha value is -2.35. The summed E-state index contributed by atoms with van der Waals surface area (Å²) in [7, 11) is 0. The molecule has 0 spiro atoms. The summed E-state index contributed by atoms with van der Waals surface area (Å²) < 4.78 is 12.9. The lowest BCUT2D eigenvalue weighted by molar-refractivity contribution is -0.150. The van der Waals surface area contributed by atoms with Crippen LogP contribution >= 0.6 is 11.8 Å². The van der Waals surface area contributed by atoms with Crippen molar-refractivity contribution in [1.29, 1.82) is 0 Å². The molecule has 2 N–H and O–H groups in total. The molecule has 3 rings (SSSR count). The van der Waals surface area contributed by atoms with Crippen molar-refractivity contribution in [2.24, 2.45) is 0 Å². The molecule has 1 aromatic rings. The summed E-state index contributed by atoms with van der Waals surface area (Å²) >= 11 is 1.44. The summed E-state index contributed by atoms with van der Waals surface area (Å²) in [6.45, 7) is 1.69. The van der Waals surface area contributed by atoms with Gasteiger partial charge < -0.3 is 10.4 Å². The smallest absolute Gasteiger partial charge is 0.352 e. The molecule has 132 valence electrons. The average Bonchev–Trinajstić information content (AvgIpc) is 2.58. The minimum absolute atomic E-state index is 0.0190. The molecule has 2 amide bonds. The predicted octanol–water partition coefficient (Wildman–Crippen LogP) is 1.52. The van der Waals surface area contributed by atoms with Gasteiger partial charge in [-0.2, -0.15) is 0 Å². The zero-order chi connectivity index (χ0) is 18.1. The molecule has 2 heterocycles. The number of halogens is 1. The number of amides is 2. The molecule has 2 unspecified atom stereocenters. The number of β-lactam (4-membered cyclic amide) rings is 1. The number of aliphatic carboxylic acids is 1. The largest absolute Gasteiger partial charge is 0.477 e. The maximum absolute atomic E-state index is 12.9. The first-order valence-corrected chi connectivity index (χ1v) is 8.85. The third-order valence-electron chi connectivity index (χ3n) is 4.23. The maximum atomic E-state index is 12.9. The van der Waals surface area contributed by atoms with Crippen LogP contribution in [0.25, 0.3) is 0 Å². The zero-order valence-corrected chi connectivity index (χ0v) is 14.3. The van der Waals surface area contributed by atoms with Gasteiger partial charge in [0.15, 0.2) is 0 Å². The number of hydrogen-bond acceptors (Lipinski definition) is 4. The Kier molecular flexibility index (Phi) is 4.80. The van der Waals surface area contributed by atoms with Crippen molar-refractivity contribution in [3.05, 3.63) is 46.9 Å². The van der Waals surface area contributed by atoms with Crippen LogP contribution in [0.3, 0.4) is 0 Å². The first kappa shape index (κ1) is 17.5. The van der Waals surface area contributed by atoms with E-state index in [1.807, 2.05) is 0 Å². The third-order valence-corrected chi connectivity index (χ3v) is 5.66. The fraction of sp³-hybridized carbons (Fsp3) is 0.353. The normalized spacial score (nSPS) is 22.3. The van der Waals surface area contributed by atoms with E-state index in [0.717, 1.165) is 5.56 Å². The number of carboxylic acid groups (broad SMARTS) is 1. The molecule has 1 aromatic carbocycles. The molecule has 2 aliphatic rings.